The average Bonchev–Trinajstić information content (AvgIpc) is 2.51. The number of rotatable bonds is 9. The van der Waals surface area contributed by atoms with Crippen LogP contribution < -0.4 is 16.0 Å². The van der Waals surface area contributed by atoms with E-state index in [0.29, 0.717) is 13.0 Å². The Labute approximate surface area is 139 Å². The van der Waals surface area contributed by atoms with Crippen LogP contribution in [-0.2, 0) is 9.53 Å². The molecule has 9 heteroatoms. The number of carbonyl (C=O) groups excluding carboxylic acids is 2. The lowest BCUT2D eigenvalue weighted by Gasteiger charge is -2.22. The fourth-order valence-electron chi connectivity index (χ4n) is 2.47. The van der Waals surface area contributed by atoms with Crippen LogP contribution >= 0.6 is 0 Å². The van der Waals surface area contributed by atoms with Crippen molar-refractivity contribution in [1.29, 1.82) is 0 Å². The highest BCUT2D eigenvalue weighted by molar-refractivity contribution is 5.76. The third kappa shape index (κ3) is 11.1. The molecule has 0 bridgehead atoms. The molecule has 0 aromatic rings. The molecule has 1 fully saturated rings. The number of halogens is 3. The average molecular weight is 353 g/mol. The minimum Gasteiger partial charge on any atom is -0.370 e. The third-order valence-electron chi connectivity index (χ3n) is 3.64. The van der Waals surface area contributed by atoms with Gasteiger partial charge in [-0.3, -0.25) is 4.79 Å². The van der Waals surface area contributed by atoms with Gasteiger partial charge in [0.2, 0.25) is 5.91 Å². The number of hydrogen-bond donors (Lipinski definition) is 3. The molecule has 0 heterocycles. The molecule has 6 nitrogen and oxygen atoms in total. The van der Waals surface area contributed by atoms with E-state index in [1.165, 1.54) is 6.42 Å². The first-order chi connectivity index (χ1) is 11.4. The molecule has 0 aromatic heterocycles. The van der Waals surface area contributed by atoms with Gasteiger partial charge in [-0.15, -0.1) is 0 Å². The highest BCUT2D eigenvalue weighted by Gasteiger charge is 2.27. The van der Waals surface area contributed by atoms with Gasteiger partial charge >= 0.3 is 12.2 Å². The molecule has 1 rings (SSSR count). The summed E-state index contributed by atoms with van der Waals surface area (Å²) in [5.41, 5.74) is 0. The van der Waals surface area contributed by atoms with Crippen molar-refractivity contribution in [3.05, 3.63) is 0 Å². The van der Waals surface area contributed by atoms with Crippen molar-refractivity contribution < 1.29 is 27.5 Å². The van der Waals surface area contributed by atoms with Crippen molar-refractivity contribution in [2.75, 3.05) is 26.3 Å². The molecule has 0 radical (unpaired) electrons. The van der Waals surface area contributed by atoms with Crippen LogP contribution in [0.15, 0.2) is 0 Å². The van der Waals surface area contributed by atoms with Gasteiger partial charge < -0.3 is 20.7 Å². The Hall–Kier alpha value is -1.51. The summed E-state index contributed by atoms with van der Waals surface area (Å²) in [7, 11) is 0. The molecule has 0 unspecified atom stereocenters. The number of ether oxygens (including phenoxy) is 1. The van der Waals surface area contributed by atoms with Gasteiger partial charge in [0.1, 0.15) is 6.61 Å². The van der Waals surface area contributed by atoms with Crippen LogP contribution in [0.2, 0.25) is 0 Å². The Balaban J connectivity index is 1.94. The van der Waals surface area contributed by atoms with Crippen LogP contribution in [0.3, 0.4) is 0 Å². The van der Waals surface area contributed by atoms with E-state index in [1.54, 1.807) is 0 Å². The van der Waals surface area contributed by atoms with Crippen molar-refractivity contribution in [2.24, 2.45) is 0 Å². The topological polar surface area (TPSA) is 79.5 Å². The van der Waals surface area contributed by atoms with E-state index in [0.717, 1.165) is 25.7 Å². The molecule has 3 amide bonds. The summed E-state index contributed by atoms with van der Waals surface area (Å²) >= 11 is 0. The van der Waals surface area contributed by atoms with Crippen LogP contribution in [-0.4, -0.2) is 50.5 Å². The molecule has 1 aliphatic rings. The minimum absolute atomic E-state index is 0.0323. The van der Waals surface area contributed by atoms with Crippen LogP contribution in [0.4, 0.5) is 18.0 Å². The predicted molar refractivity (Wildman–Crippen MR) is 82.5 cm³/mol. The van der Waals surface area contributed by atoms with Gasteiger partial charge in [-0.05, 0) is 19.3 Å². The zero-order chi connectivity index (χ0) is 17.8. The fourth-order valence-corrected chi connectivity index (χ4v) is 2.47. The lowest BCUT2D eigenvalue weighted by atomic mass is 9.96. The summed E-state index contributed by atoms with van der Waals surface area (Å²) in [6.45, 7) is -1.10. The van der Waals surface area contributed by atoms with Gasteiger partial charge in [-0.25, -0.2) is 4.79 Å². The van der Waals surface area contributed by atoms with E-state index in [4.69, 9.17) is 0 Å². The predicted octanol–water partition coefficient (Wildman–Crippen LogP) is 2.09. The van der Waals surface area contributed by atoms with Crippen molar-refractivity contribution in [3.8, 4) is 0 Å². The van der Waals surface area contributed by atoms with Crippen LogP contribution in [0.1, 0.15) is 44.9 Å². The van der Waals surface area contributed by atoms with E-state index in [1.807, 2.05) is 0 Å². The van der Waals surface area contributed by atoms with Gasteiger partial charge in [0.25, 0.3) is 0 Å². The van der Waals surface area contributed by atoms with Gasteiger partial charge in [-0.1, -0.05) is 19.3 Å². The van der Waals surface area contributed by atoms with Crippen molar-refractivity contribution >= 4 is 11.9 Å². The minimum atomic E-state index is -4.35. The Bertz CT molecular complexity index is 386. The molecule has 140 valence electrons. The summed E-state index contributed by atoms with van der Waals surface area (Å²) < 4.78 is 39.8. The molecule has 0 atom stereocenters. The summed E-state index contributed by atoms with van der Waals surface area (Å²) in [4.78, 5) is 23.1. The summed E-state index contributed by atoms with van der Waals surface area (Å²) in [5.74, 6) is -0.278. The second kappa shape index (κ2) is 11.1. The fraction of sp³-hybridized carbons (Fsp3) is 0.867. The maximum Gasteiger partial charge on any atom is 0.411 e. The van der Waals surface area contributed by atoms with Gasteiger partial charge in [0.05, 0.1) is 6.61 Å². The smallest absolute Gasteiger partial charge is 0.370 e. The van der Waals surface area contributed by atoms with Crippen molar-refractivity contribution in [3.63, 3.8) is 0 Å². The van der Waals surface area contributed by atoms with Gasteiger partial charge in [-0.2, -0.15) is 13.2 Å². The summed E-state index contributed by atoms with van der Waals surface area (Å²) in [5, 5.41) is 8.07. The molecule has 0 aliphatic heterocycles. The molecule has 3 N–H and O–H groups in total. The largest absolute Gasteiger partial charge is 0.411 e. The molecule has 24 heavy (non-hydrogen) atoms. The molecule has 1 aliphatic carbocycles. The normalized spacial score (nSPS) is 15.8. The zero-order valence-corrected chi connectivity index (χ0v) is 13.7. The molecule has 0 saturated heterocycles. The molecule has 0 spiro atoms. The number of nitrogens with one attached hydrogen (secondary N) is 3. The second-order valence-electron chi connectivity index (χ2n) is 5.86. The van der Waals surface area contributed by atoms with E-state index in [2.05, 4.69) is 20.7 Å². The van der Waals surface area contributed by atoms with E-state index >= 15 is 0 Å². The number of carbonyl (C=O) groups is 2. The van der Waals surface area contributed by atoms with Crippen LogP contribution in [0.25, 0.3) is 0 Å². The number of alkyl halides is 3. The quantitative estimate of drug-likeness (QED) is 0.556. The standard InChI is InChI=1S/C15H26F3N3O3/c16-15(17,18)11-24-10-9-19-13(22)7-4-8-20-14(23)21-12-5-2-1-3-6-12/h12H,1-11H2,(H,19,22)(H2,20,21,23). The molecule has 0 aromatic carbocycles. The monoisotopic (exact) mass is 353 g/mol. The first kappa shape index (κ1) is 20.5. The zero-order valence-electron chi connectivity index (χ0n) is 13.7. The van der Waals surface area contributed by atoms with E-state index in [9.17, 15) is 22.8 Å². The maximum absolute atomic E-state index is 11.8. The highest BCUT2D eigenvalue weighted by atomic mass is 19.4. The highest BCUT2D eigenvalue weighted by Crippen LogP contribution is 2.17. The van der Waals surface area contributed by atoms with Gasteiger partial charge in [0, 0.05) is 25.6 Å². The van der Waals surface area contributed by atoms with E-state index < -0.39 is 12.8 Å². The second-order valence-corrected chi connectivity index (χ2v) is 5.86. The third-order valence-corrected chi connectivity index (χ3v) is 3.64. The van der Waals surface area contributed by atoms with Gasteiger partial charge in [0.15, 0.2) is 0 Å². The first-order valence-corrected chi connectivity index (χ1v) is 8.32. The maximum atomic E-state index is 11.8. The number of hydrogen-bond acceptors (Lipinski definition) is 3. The molecular weight excluding hydrogens is 327 g/mol. The SMILES string of the molecule is O=C(CCCNC(=O)NC1CCCCC1)NCCOCC(F)(F)F. The lowest BCUT2D eigenvalue weighted by molar-refractivity contribution is -0.173. The Kier molecular flexibility index (Phi) is 9.51. The summed E-state index contributed by atoms with van der Waals surface area (Å²) in [6.07, 6.45) is 1.81. The Morgan fingerprint density at radius 1 is 1.04 bits per heavy atom. The van der Waals surface area contributed by atoms with Crippen molar-refractivity contribution in [1.82, 2.24) is 16.0 Å². The first-order valence-electron chi connectivity index (χ1n) is 8.32. The van der Waals surface area contributed by atoms with Crippen LogP contribution in [0.5, 0.6) is 0 Å². The summed E-state index contributed by atoms with van der Waals surface area (Å²) in [6, 6.07) is 0.0154. The van der Waals surface area contributed by atoms with E-state index in [-0.39, 0.29) is 37.6 Å². The van der Waals surface area contributed by atoms with Crippen molar-refractivity contribution in [2.45, 2.75) is 57.2 Å². The Morgan fingerprint density at radius 3 is 2.42 bits per heavy atom. The Morgan fingerprint density at radius 2 is 1.75 bits per heavy atom. The van der Waals surface area contributed by atoms with Crippen LogP contribution in [0, 0.1) is 0 Å². The molecule has 1 saturated carbocycles. The number of urea groups is 1. The lowest BCUT2D eigenvalue weighted by Crippen LogP contribution is -2.43. The molecular formula is C15H26F3N3O3. The number of amides is 3.